The first-order valence-electron chi connectivity index (χ1n) is 6.11. The minimum atomic E-state index is -0.348. The van der Waals surface area contributed by atoms with Crippen LogP contribution in [0.2, 0.25) is 0 Å². The Hall–Kier alpha value is -1.36. The average Bonchev–Trinajstić information content (AvgIpc) is 2.40. The molecule has 0 atom stereocenters. The van der Waals surface area contributed by atoms with Crippen molar-refractivity contribution in [2.75, 3.05) is 13.2 Å². The summed E-state index contributed by atoms with van der Waals surface area (Å²) in [6.07, 6.45) is 0.449. The second-order valence-electron chi connectivity index (χ2n) is 4.07. The number of ether oxygens (including phenoxy) is 1. The zero-order valence-electron chi connectivity index (χ0n) is 11.0. The van der Waals surface area contributed by atoms with E-state index >= 15 is 0 Å². The Bertz CT molecular complexity index is 442. The van der Waals surface area contributed by atoms with Crippen molar-refractivity contribution in [2.45, 2.75) is 20.0 Å². The number of hydrogen-bond acceptors (Lipinski definition) is 2. The number of rotatable bonds is 7. The molecule has 0 spiro atoms. The van der Waals surface area contributed by atoms with Crippen LogP contribution >= 0.6 is 15.9 Å². The summed E-state index contributed by atoms with van der Waals surface area (Å²) in [5, 5.41) is 0. The normalized spacial score (nSPS) is 13.1. The first-order valence-corrected chi connectivity index (χ1v) is 6.90. The number of hydrogen-bond donors (Lipinski definition) is 2. The van der Waals surface area contributed by atoms with Crippen LogP contribution in [-0.2, 0) is 11.3 Å². The van der Waals surface area contributed by atoms with Crippen molar-refractivity contribution in [1.29, 1.82) is 0 Å². The zero-order chi connectivity index (χ0) is 14.1. The zero-order valence-corrected chi connectivity index (χ0v) is 12.5. The fourth-order valence-electron chi connectivity index (χ4n) is 1.43. The summed E-state index contributed by atoms with van der Waals surface area (Å²) in [6.45, 7) is 2.38. The van der Waals surface area contributed by atoms with Crippen LogP contribution in [0.1, 0.15) is 18.9 Å². The number of halogens is 2. The lowest BCUT2D eigenvalue weighted by atomic mass is 10.2. The lowest BCUT2D eigenvalue weighted by molar-refractivity contribution is -0.454. The van der Waals surface area contributed by atoms with Crippen molar-refractivity contribution in [1.82, 2.24) is 0 Å². The fourth-order valence-corrected chi connectivity index (χ4v) is 2.05. The first kappa shape index (κ1) is 15.7. The predicted molar refractivity (Wildman–Crippen MR) is 78.5 cm³/mol. The fraction of sp³-hybridized carbons (Fsp3) is 0.357. The molecule has 19 heavy (non-hydrogen) atoms. The molecule has 1 aromatic carbocycles. The van der Waals surface area contributed by atoms with Crippen LogP contribution in [0.15, 0.2) is 41.8 Å². The van der Waals surface area contributed by atoms with E-state index in [1.807, 2.05) is 30.3 Å². The molecule has 0 unspecified atom stereocenters. The van der Waals surface area contributed by atoms with Gasteiger partial charge in [-0.3, -0.25) is 4.39 Å². The molecular formula is C14H19BrFN2O+. The third-order valence-electron chi connectivity index (χ3n) is 2.37. The van der Waals surface area contributed by atoms with Gasteiger partial charge in [0.15, 0.2) is 0 Å². The van der Waals surface area contributed by atoms with Crippen molar-refractivity contribution in [3.05, 3.63) is 47.4 Å². The highest BCUT2D eigenvalue weighted by atomic mass is 79.9. The van der Waals surface area contributed by atoms with Gasteiger partial charge in [0, 0.05) is 22.4 Å². The first-order chi connectivity index (χ1) is 9.15. The van der Waals surface area contributed by atoms with E-state index in [-0.39, 0.29) is 6.67 Å². The Balaban J connectivity index is 2.64. The van der Waals surface area contributed by atoms with E-state index in [1.54, 1.807) is 6.92 Å². The second-order valence-corrected chi connectivity index (χ2v) is 4.86. The highest BCUT2D eigenvalue weighted by molar-refractivity contribution is 9.18. The van der Waals surface area contributed by atoms with Crippen molar-refractivity contribution in [3.8, 4) is 0 Å². The number of nitrogens with two attached hydrogens (primary N) is 1. The maximum atomic E-state index is 12.0. The van der Waals surface area contributed by atoms with E-state index in [0.717, 1.165) is 5.56 Å². The van der Waals surface area contributed by atoms with E-state index in [4.69, 9.17) is 10.5 Å². The Morgan fingerprint density at radius 2 is 2.05 bits per heavy atom. The lowest BCUT2D eigenvalue weighted by Gasteiger charge is -2.08. The van der Waals surface area contributed by atoms with E-state index in [1.165, 1.54) is 0 Å². The molecule has 0 fully saturated rings. The summed E-state index contributed by atoms with van der Waals surface area (Å²) in [5.74, 6) is 0.558. The van der Waals surface area contributed by atoms with Gasteiger partial charge in [-0.25, -0.2) is 4.99 Å². The molecule has 104 valence electrons. The molecule has 0 saturated heterocycles. The molecule has 3 N–H and O–H groups in total. The lowest BCUT2D eigenvalue weighted by Crippen LogP contribution is -2.72. The van der Waals surface area contributed by atoms with Crippen molar-refractivity contribution >= 4 is 20.6 Å². The Morgan fingerprint density at radius 1 is 1.37 bits per heavy atom. The van der Waals surface area contributed by atoms with Crippen LogP contribution < -0.4 is 10.7 Å². The highest BCUT2D eigenvalue weighted by Gasteiger charge is 2.14. The molecular weight excluding hydrogens is 311 g/mol. The summed E-state index contributed by atoms with van der Waals surface area (Å²) in [4.78, 5) is 3.03. The summed E-state index contributed by atoms with van der Waals surface area (Å²) >= 11 is 3.37. The quantitative estimate of drug-likeness (QED) is 0.454. The number of allylic oxidation sites excluding steroid dienone is 2. The van der Waals surface area contributed by atoms with Gasteiger partial charge in [-0.05, 0) is 12.5 Å². The smallest absolute Gasteiger partial charge is 0.285 e. The van der Waals surface area contributed by atoms with Crippen LogP contribution in [0.3, 0.4) is 0 Å². The summed E-state index contributed by atoms with van der Waals surface area (Å²) in [6, 6.07) is 9.82. The molecule has 1 rings (SSSR count). The van der Waals surface area contributed by atoms with Gasteiger partial charge in [-0.2, -0.15) is 0 Å². The molecule has 0 heterocycles. The highest BCUT2D eigenvalue weighted by Crippen LogP contribution is 2.10. The minimum absolute atomic E-state index is 0.348. The van der Waals surface area contributed by atoms with E-state index < -0.39 is 0 Å². The largest absolute Gasteiger partial charge is 0.481 e. The topological polar surface area (TPSA) is 49.2 Å². The molecule has 0 radical (unpaired) electrons. The number of alkyl halides is 1. The van der Waals surface area contributed by atoms with Gasteiger partial charge >= 0.3 is 0 Å². The second kappa shape index (κ2) is 8.69. The molecule has 0 amide bonds. The third-order valence-corrected chi connectivity index (χ3v) is 3.01. The van der Waals surface area contributed by atoms with Gasteiger partial charge in [0.2, 0.25) is 5.76 Å². The van der Waals surface area contributed by atoms with E-state index in [9.17, 15) is 4.39 Å². The average molecular weight is 330 g/mol. The maximum absolute atomic E-state index is 12.0. The number of nitrogens with one attached hydrogen (secondary N) is 1. The standard InChI is InChI=1S/C14H18BrFN2O/c1-11(17)13(14(15)18-9-5-8-16)19-10-12-6-3-2-4-7-12/h2-4,6-7H,5,8-10,17H2,1H3/p+1/b13-11+,18-14?. The van der Waals surface area contributed by atoms with Gasteiger partial charge in [0.25, 0.3) is 4.62 Å². The van der Waals surface area contributed by atoms with Crippen molar-refractivity contribution in [2.24, 2.45) is 5.73 Å². The molecule has 0 aromatic heterocycles. The summed E-state index contributed by atoms with van der Waals surface area (Å²) in [5.41, 5.74) is 7.42. The summed E-state index contributed by atoms with van der Waals surface area (Å²) < 4.78 is 18.4. The molecule has 3 nitrogen and oxygen atoms in total. The van der Waals surface area contributed by atoms with Crippen molar-refractivity contribution in [3.63, 3.8) is 0 Å². The monoisotopic (exact) mass is 329 g/mol. The van der Waals surface area contributed by atoms with Crippen LogP contribution in [0.5, 0.6) is 0 Å². The van der Waals surface area contributed by atoms with Gasteiger partial charge in [0.05, 0.1) is 12.4 Å². The molecule has 5 heteroatoms. The third kappa shape index (κ3) is 5.87. The minimum Gasteiger partial charge on any atom is -0.481 e. The van der Waals surface area contributed by atoms with Gasteiger partial charge < -0.3 is 10.5 Å². The van der Waals surface area contributed by atoms with Crippen LogP contribution in [0.4, 0.5) is 4.39 Å². The van der Waals surface area contributed by atoms with Crippen molar-refractivity contribution < 1.29 is 14.1 Å². The molecule has 0 saturated carbocycles. The van der Waals surface area contributed by atoms with Gasteiger partial charge in [-0.1, -0.05) is 30.3 Å². The number of benzene rings is 1. The summed E-state index contributed by atoms with van der Waals surface area (Å²) in [7, 11) is 0. The van der Waals surface area contributed by atoms with Crippen LogP contribution in [0, 0.1) is 0 Å². The van der Waals surface area contributed by atoms with E-state index in [0.29, 0.717) is 35.6 Å². The molecule has 0 aliphatic carbocycles. The van der Waals surface area contributed by atoms with E-state index in [2.05, 4.69) is 20.9 Å². The molecule has 0 aliphatic heterocycles. The predicted octanol–water partition coefficient (Wildman–Crippen LogP) is 1.63. The maximum Gasteiger partial charge on any atom is 0.285 e. The van der Waals surface area contributed by atoms with Gasteiger partial charge in [0.1, 0.15) is 13.2 Å². The molecule has 0 aliphatic rings. The Labute approximate surface area is 121 Å². The van der Waals surface area contributed by atoms with Crippen LogP contribution in [-0.4, -0.2) is 17.8 Å². The van der Waals surface area contributed by atoms with Crippen LogP contribution in [0.25, 0.3) is 0 Å². The molecule has 1 aromatic rings. The molecule has 0 bridgehead atoms. The Morgan fingerprint density at radius 3 is 2.63 bits per heavy atom. The Kier molecular flexibility index (Phi) is 7.18. The SMILES string of the molecule is C/C(N)=C(\OCc1ccccc1)C(Br)=[NH+]CCCF. The van der Waals surface area contributed by atoms with Gasteiger partial charge in [-0.15, -0.1) is 0 Å².